The zero-order valence-electron chi connectivity index (χ0n) is 13.9. The van der Waals surface area contributed by atoms with Gasteiger partial charge in [-0.15, -0.1) is 11.3 Å². The number of amides is 1. The number of halogens is 3. The normalized spacial score (nSPS) is 16.6. The summed E-state index contributed by atoms with van der Waals surface area (Å²) in [5.74, 6) is -0.445. The zero-order chi connectivity index (χ0) is 18.6. The number of hydrogen-bond donors (Lipinski definition) is 0. The molecule has 1 aliphatic rings. The average Bonchev–Trinajstić information content (AvgIpc) is 3.16. The summed E-state index contributed by atoms with van der Waals surface area (Å²) in [4.78, 5) is 20.7. The fraction of sp³-hybridized carbons (Fsp3) is 0.412. The number of carbonyl (C=O) groups excluding carboxylic acids is 1. The summed E-state index contributed by atoms with van der Waals surface area (Å²) in [6.07, 6.45) is -4.03. The summed E-state index contributed by atoms with van der Waals surface area (Å²) in [6, 6.07) is 8.29. The molecule has 1 saturated heterocycles. The van der Waals surface area contributed by atoms with E-state index in [-0.39, 0.29) is 0 Å². The van der Waals surface area contributed by atoms with Crippen molar-refractivity contribution in [2.24, 2.45) is 0 Å². The van der Waals surface area contributed by atoms with Gasteiger partial charge in [-0.25, -0.2) is 4.98 Å². The fourth-order valence-corrected chi connectivity index (χ4v) is 3.47. The van der Waals surface area contributed by atoms with E-state index in [0.29, 0.717) is 31.7 Å². The standard InChI is InChI=1S/C17H18F3N3O2S/c18-17(19,20)12-25-14(13-4-2-1-3-5-13)15(24)22-7-9-23(10-8-22)16-21-6-11-26-16/h1-6,11,14H,7-10,12H2/t14-/m0/s1. The number of hydrogen-bond acceptors (Lipinski definition) is 5. The topological polar surface area (TPSA) is 45.7 Å². The van der Waals surface area contributed by atoms with Gasteiger partial charge in [0.2, 0.25) is 0 Å². The molecular formula is C17H18F3N3O2S. The van der Waals surface area contributed by atoms with Gasteiger partial charge in [0.1, 0.15) is 6.61 Å². The minimum absolute atomic E-state index is 0.414. The second-order valence-electron chi connectivity index (χ2n) is 5.84. The molecule has 3 rings (SSSR count). The summed E-state index contributed by atoms with van der Waals surface area (Å²) in [6.45, 7) is 0.533. The Balaban J connectivity index is 1.67. The van der Waals surface area contributed by atoms with Crippen molar-refractivity contribution in [3.8, 4) is 0 Å². The molecule has 1 aromatic heterocycles. The monoisotopic (exact) mass is 385 g/mol. The molecule has 1 atom stereocenters. The van der Waals surface area contributed by atoms with Crippen LogP contribution in [-0.4, -0.2) is 54.8 Å². The maximum absolute atomic E-state index is 12.8. The van der Waals surface area contributed by atoms with Crippen molar-refractivity contribution in [1.29, 1.82) is 0 Å². The number of ether oxygens (including phenoxy) is 1. The second kappa shape index (κ2) is 8.05. The van der Waals surface area contributed by atoms with Crippen LogP contribution >= 0.6 is 11.3 Å². The van der Waals surface area contributed by atoms with Crippen LogP contribution in [0.25, 0.3) is 0 Å². The maximum Gasteiger partial charge on any atom is 0.411 e. The first-order valence-corrected chi connectivity index (χ1v) is 8.98. The van der Waals surface area contributed by atoms with Crippen molar-refractivity contribution < 1.29 is 22.7 Å². The number of benzene rings is 1. The molecule has 2 heterocycles. The quantitative estimate of drug-likeness (QED) is 0.794. The van der Waals surface area contributed by atoms with Crippen LogP contribution in [0.2, 0.25) is 0 Å². The molecule has 1 aromatic carbocycles. The Bertz CT molecular complexity index is 702. The summed E-state index contributed by atoms with van der Waals surface area (Å²) in [5, 5.41) is 2.76. The highest BCUT2D eigenvalue weighted by molar-refractivity contribution is 7.13. The molecule has 9 heteroatoms. The van der Waals surface area contributed by atoms with Crippen molar-refractivity contribution in [2.45, 2.75) is 12.3 Å². The maximum atomic E-state index is 12.8. The highest BCUT2D eigenvalue weighted by Gasteiger charge is 2.34. The molecule has 0 aliphatic carbocycles. The first-order valence-electron chi connectivity index (χ1n) is 8.10. The minimum Gasteiger partial charge on any atom is -0.354 e. The lowest BCUT2D eigenvalue weighted by Gasteiger charge is -2.36. The number of piperazine rings is 1. The van der Waals surface area contributed by atoms with E-state index in [0.717, 1.165) is 5.13 Å². The number of thiazole rings is 1. The van der Waals surface area contributed by atoms with E-state index in [1.54, 1.807) is 41.4 Å². The van der Waals surface area contributed by atoms with Gasteiger partial charge in [0, 0.05) is 37.8 Å². The highest BCUT2D eigenvalue weighted by atomic mass is 32.1. The molecule has 1 amide bonds. The lowest BCUT2D eigenvalue weighted by atomic mass is 10.1. The SMILES string of the molecule is O=C([C@@H](OCC(F)(F)F)c1ccccc1)N1CCN(c2nccs2)CC1. The third-order valence-corrected chi connectivity index (χ3v) is 4.85. The van der Waals surface area contributed by atoms with Crippen LogP contribution in [0.5, 0.6) is 0 Å². The Hall–Kier alpha value is -2.13. The van der Waals surface area contributed by atoms with Gasteiger partial charge in [-0.05, 0) is 5.56 Å². The molecule has 1 aliphatic heterocycles. The molecule has 140 valence electrons. The number of aromatic nitrogens is 1. The van der Waals surface area contributed by atoms with Crippen LogP contribution in [0.1, 0.15) is 11.7 Å². The van der Waals surface area contributed by atoms with Crippen LogP contribution in [-0.2, 0) is 9.53 Å². The van der Waals surface area contributed by atoms with Crippen molar-refractivity contribution in [2.75, 3.05) is 37.7 Å². The van der Waals surface area contributed by atoms with Gasteiger partial charge in [0.05, 0.1) is 0 Å². The van der Waals surface area contributed by atoms with Crippen molar-refractivity contribution >= 4 is 22.4 Å². The largest absolute Gasteiger partial charge is 0.411 e. The zero-order valence-corrected chi connectivity index (χ0v) is 14.7. The number of anilines is 1. The molecule has 0 saturated carbocycles. The van der Waals surface area contributed by atoms with Crippen molar-refractivity contribution in [3.05, 3.63) is 47.5 Å². The van der Waals surface area contributed by atoms with Gasteiger partial charge in [-0.1, -0.05) is 30.3 Å². The van der Waals surface area contributed by atoms with E-state index in [1.165, 1.54) is 11.3 Å². The van der Waals surface area contributed by atoms with Gasteiger partial charge in [0.25, 0.3) is 5.91 Å². The summed E-state index contributed by atoms with van der Waals surface area (Å²) < 4.78 is 42.7. The van der Waals surface area contributed by atoms with Crippen LogP contribution in [0.3, 0.4) is 0 Å². The number of carbonyl (C=O) groups is 1. The third kappa shape index (κ3) is 4.73. The van der Waals surface area contributed by atoms with Crippen LogP contribution in [0, 0.1) is 0 Å². The molecular weight excluding hydrogens is 367 g/mol. The van der Waals surface area contributed by atoms with Gasteiger partial charge >= 0.3 is 6.18 Å². The molecule has 0 unspecified atom stereocenters. The lowest BCUT2D eigenvalue weighted by Crippen LogP contribution is -2.50. The highest BCUT2D eigenvalue weighted by Crippen LogP contribution is 2.26. The predicted molar refractivity (Wildman–Crippen MR) is 92.1 cm³/mol. The number of alkyl halides is 3. The minimum atomic E-state index is -4.49. The summed E-state index contributed by atoms with van der Waals surface area (Å²) in [7, 11) is 0. The van der Waals surface area contributed by atoms with E-state index in [2.05, 4.69) is 9.88 Å². The summed E-state index contributed by atoms with van der Waals surface area (Å²) in [5.41, 5.74) is 0.420. The van der Waals surface area contributed by atoms with Crippen LogP contribution < -0.4 is 4.90 Å². The predicted octanol–water partition coefficient (Wildman–Crippen LogP) is 3.11. The molecule has 0 spiro atoms. The Labute approximate surface area is 153 Å². The number of rotatable bonds is 5. The smallest absolute Gasteiger partial charge is 0.354 e. The first kappa shape index (κ1) is 18.7. The fourth-order valence-electron chi connectivity index (χ4n) is 2.77. The van der Waals surface area contributed by atoms with Crippen LogP contribution in [0.4, 0.5) is 18.3 Å². The Kier molecular flexibility index (Phi) is 5.77. The van der Waals surface area contributed by atoms with Gasteiger partial charge in [-0.2, -0.15) is 13.2 Å². The molecule has 0 N–H and O–H groups in total. The Morgan fingerprint density at radius 2 is 1.88 bits per heavy atom. The van der Waals surface area contributed by atoms with E-state index < -0.39 is 24.8 Å². The van der Waals surface area contributed by atoms with Gasteiger partial charge < -0.3 is 14.5 Å². The Morgan fingerprint density at radius 1 is 1.19 bits per heavy atom. The lowest BCUT2D eigenvalue weighted by molar-refractivity contribution is -0.191. The van der Waals surface area contributed by atoms with Gasteiger partial charge in [0.15, 0.2) is 11.2 Å². The van der Waals surface area contributed by atoms with E-state index in [9.17, 15) is 18.0 Å². The van der Waals surface area contributed by atoms with E-state index in [4.69, 9.17) is 4.74 Å². The first-order chi connectivity index (χ1) is 12.4. The van der Waals surface area contributed by atoms with Crippen LogP contribution in [0.15, 0.2) is 41.9 Å². The number of nitrogens with zero attached hydrogens (tertiary/aromatic N) is 3. The molecule has 26 heavy (non-hydrogen) atoms. The van der Waals surface area contributed by atoms with E-state index in [1.807, 2.05) is 5.38 Å². The average molecular weight is 385 g/mol. The van der Waals surface area contributed by atoms with Crippen molar-refractivity contribution in [1.82, 2.24) is 9.88 Å². The molecule has 1 fully saturated rings. The molecule has 2 aromatic rings. The van der Waals surface area contributed by atoms with Crippen molar-refractivity contribution in [3.63, 3.8) is 0 Å². The molecule has 0 bridgehead atoms. The Morgan fingerprint density at radius 3 is 2.46 bits per heavy atom. The third-order valence-electron chi connectivity index (χ3n) is 4.02. The molecule has 0 radical (unpaired) electrons. The second-order valence-corrected chi connectivity index (χ2v) is 6.72. The molecule has 5 nitrogen and oxygen atoms in total. The summed E-state index contributed by atoms with van der Waals surface area (Å²) >= 11 is 1.51. The van der Waals surface area contributed by atoms with E-state index >= 15 is 0 Å². The van der Waals surface area contributed by atoms with Gasteiger partial charge in [-0.3, -0.25) is 4.79 Å².